The second-order valence-corrected chi connectivity index (χ2v) is 12.3. The third kappa shape index (κ3) is 8.68. The van der Waals surface area contributed by atoms with Gasteiger partial charge in [0.15, 0.2) is 0 Å². The first-order valence-electron chi connectivity index (χ1n) is 16.2. The monoisotopic (exact) mass is 554 g/mol. The van der Waals surface area contributed by atoms with Crippen molar-refractivity contribution >= 4 is 24.3 Å². The Bertz CT molecular complexity index is 1350. The van der Waals surface area contributed by atoms with E-state index < -0.39 is 0 Å². The minimum absolute atomic E-state index is 0.507. The predicted molar refractivity (Wildman–Crippen MR) is 188 cm³/mol. The van der Waals surface area contributed by atoms with E-state index in [1.54, 1.807) is 0 Å². The van der Waals surface area contributed by atoms with Gasteiger partial charge < -0.3 is 0 Å². The van der Waals surface area contributed by atoms with Crippen molar-refractivity contribution in [2.45, 2.75) is 91.9 Å². The first kappa shape index (κ1) is 31.3. The molecule has 0 fully saturated rings. The molecule has 0 heteroatoms. The molecular weight excluding hydrogens is 504 g/mol. The van der Waals surface area contributed by atoms with E-state index in [0.29, 0.717) is 11.8 Å². The van der Waals surface area contributed by atoms with E-state index in [1.807, 2.05) is 0 Å². The van der Waals surface area contributed by atoms with Crippen LogP contribution in [0.4, 0.5) is 0 Å². The van der Waals surface area contributed by atoms with Crippen LogP contribution in [-0.4, -0.2) is 0 Å². The highest BCUT2D eigenvalue weighted by atomic mass is 14.2. The van der Waals surface area contributed by atoms with Crippen LogP contribution in [0, 0.1) is 13.8 Å². The number of hydrogen-bond acceptors (Lipinski definition) is 0. The molecule has 4 rings (SSSR count). The molecule has 0 N–H and O–H groups in total. The third-order valence-corrected chi connectivity index (χ3v) is 8.58. The van der Waals surface area contributed by atoms with Gasteiger partial charge in [0.05, 0.1) is 0 Å². The van der Waals surface area contributed by atoms with Gasteiger partial charge in [-0.15, -0.1) is 0 Å². The van der Waals surface area contributed by atoms with Crippen molar-refractivity contribution in [3.8, 4) is 11.1 Å². The number of rotatable bonds is 13. The van der Waals surface area contributed by atoms with Crippen LogP contribution in [0.5, 0.6) is 0 Å². The molecule has 0 saturated carbocycles. The summed E-state index contributed by atoms with van der Waals surface area (Å²) in [5.74, 6) is 1.01. The maximum Gasteiger partial charge on any atom is -0.0146 e. The Labute approximate surface area is 256 Å². The summed E-state index contributed by atoms with van der Waals surface area (Å²) in [5.41, 5.74) is 13.4. The molecule has 0 saturated heterocycles. The Hall–Kier alpha value is -3.64. The fraction of sp³-hybridized carbons (Fsp3) is 0.333. The molecular formula is C42H50. The maximum absolute atomic E-state index is 2.45. The van der Waals surface area contributed by atoms with Crippen LogP contribution in [0.1, 0.15) is 123 Å². The fourth-order valence-corrected chi connectivity index (χ4v) is 5.75. The highest BCUT2D eigenvalue weighted by molar-refractivity contribution is 5.79. The van der Waals surface area contributed by atoms with Crippen LogP contribution in [0.25, 0.3) is 35.4 Å². The molecule has 0 amide bonds. The maximum atomic E-state index is 2.45. The number of hydrogen-bond donors (Lipinski definition) is 0. The van der Waals surface area contributed by atoms with Gasteiger partial charge in [0.25, 0.3) is 0 Å². The Kier molecular flexibility index (Phi) is 11.6. The van der Waals surface area contributed by atoms with Crippen LogP contribution in [-0.2, 0) is 0 Å². The molecule has 0 aromatic heterocycles. The highest BCUT2D eigenvalue weighted by Gasteiger charge is 2.18. The Balaban J connectivity index is 1.75. The van der Waals surface area contributed by atoms with Gasteiger partial charge >= 0.3 is 0 Å². The zero-order valence-corrected chi connectivity index (χ0v) is 26.8. The number of unbranched alkanes of at least 4 members (excludes halogenated alkanes) is 2. The van der Waals surface area contributed by atoms with E-state index in [2.05, 4.69) is 151 Å². The molecule has 4 aromatic rings. The molecule has 42 heavy (non-hydrogen) atoms. The molecule has 0 aliphatic carbocycles. The summed E-state index contributed by atoms with van der Waals surface area (Å²) in [6.07, 6.45) is 16.4. The van der Waals surface area contributed by atoms with Gasteiger partial charge in [-0.1, -0.05) is 174 Å². The van der Waals surface area contributed by atoms with Crippen molar-refractivity contribution in [2.24, 2.45) is 0 Å². The SMILES string of the molecule is CCCCC(C)c1cc(/C=C/c2ccc(C)cc2)ccc1-c1ccc(/C=C/c2ccc(C)cc2)cc1C(C)CCCC. The summed E-state index contributed by atoms with van der Waals surface area (Å²) in [6, 6.07) is 31.8. The average Bonchev–Trinajstić information content (AvgIpc) is 3.01. The van der Waals surface area contributed by atoms with Gasteiger partial charge in [0.2, 0.25) is 0 Å². The van der Waals surface area contributed by atoms with Crippen molar-refractivity contribution in [3.63, 3.8) is 0 Å². The molecule has 2 unspecified atom stereocenters. The fourth-order valence-electron chi connectivity index (χ4n) is 5.75. The molecule has 0 nitrogen and oxygen atoms in total. The zero-order valence-electron chi connectivity index (χ0n) is 26.8. The highest BCUT2D eigenvalue weighted by Crippen LogP contribution is 2.39. The van der Waals surface area contributed by atoms with E-state index in [9.17, 15) is 0 Å². The Morgan fingerprint density at radius 2 is 0.810 bits per heavy atom. The molecule has 0 heterocycles. The lowest BCUT2D eigenvalue weighted by atomic mass is 9.82. The number of benzene rings is 4. The molecule has 218 valence electrons. The molecule has 0 aliphatic rings. The lowest BCUT2D eigenvalue weighted by Gasteiger charge is -2.22. The largest absolute Gasteiger partial charge is 0.0654 e. The summed E-state index contributed by atoms with van der Waals surface area (Å²) in [6.45, 7) is 13.7. The summed E-state index contributed by atoms with van der Waals surface area (Å²) >= 11 is 0. The zero-order chi connectivity index (χ0) is 29.9. The minimum Gasteiger partial charge on any atom is -0.0654 e. The first-order chi connectivity index (χ1) is 20.4. The van der Waals surface area contributed by atoms with Gasteiger partial charge in [0, 0.05) is 0 Å². The standard InChI is InChI=1S/C42H50/c1-7-9-11-33(5)41-29-37(23-21-35-17-13-31(3)14-18-35)25-27-39(41)40-28-26-38(30-42(40)34(6)12-10-8-2)24-22-36-19-15-32(4)16-20-36/h13-30,33-34H,7-12H2,1-6H3/b23-21+,24-22+. The quantitative estimate of drug-likeness (QED) is 0.144. The molecule has 2 atom stereocenters. The van der Waals surface area contributed by atoms with Crippen molar-refractivity contribution in [3.05, 3.63) is 129 Å². The molecule has 0 aliphatic heterocycles. The number of aryl methyl sites for hydroxylation is 2. The average molecular weight is 555 g/mol. The molecule has 4 aromatic carbocycles. The Morgan fingerprint density at radius 1 is 0.476 bits per heavy atom. The van der Waals surface area contributed by atoms with Gasteiger partial charge in [0.1, 0.15) is 0 Å². The minimum atomic E-state index is 0.507. The second kappa shape index (κ2) is 15.5. The summed E-state index contributed by atoms with van der Waals surface area (Å²) < 4.78 is 0. The lowest BCUT2D eigenvalue weighted by Crippen LogP contribution is -2.02. The van der Waals surface area contributed by atoms with Crippen LogP contribution in [0.2, 0.25) is 0 Å². The van der Waals surface area contributed by atoms with E-state index >= 15 is 0 Å². The Morgan fingerprint density at radius 3 is 1.17 bits per heavy atom. The van der Waals surface area contributed by atoms with Gasteiger partial charge in [-0.25, -0.2) is 0 Å². The topological polar surface area (TPSA) is 0 Å². The van der Waals surface area contributed by atoms with Gasteiger partial charge in [-0.3, -0.25) is 0 Å². The van der Waals surface area contributed by atoms with Crippen LogP contribution in [0.15, 0.2) is 84.9 Å². The van der Waals surface area contributed by atoms with E-state index in [-0.39, 0.29) is 0 Å². The summed E-state index contributed by atoms with van der Waals surface area (Å²) in [7, 11) is 0. The van der Waals surface area contributed by atoms with E-state index in [1.165, 1.54) is 94.2 Å². The van der Waals surface area contributed by atoms with Crippen molar-refractivity contribution in [2.75, 3.05) is 0 Å². The first-order valence-corrected chi connectivity index (χ1v) is 16.2. The lowest BCUT2D eigenvalue weighted by molar-refractivity contribution is 0.621. The summed E-state index contributed by atoms with van der Waals surface area (Å²) in [4.78, 5) is 0. The van der Waals surface area contributed by atoms with Crippen LogP contribution in [0.3, 0.4) is 0 Å². The summed E-state index contributed by atoms with van der Waals surface area (Å²) in [5, 5.41) is 0. The van der Waals surface area contributed by atoms with Crippen LogP contribution >= 0.6 is 0 Å². The molecule has 0 spiro atoms. The van der Waals surface area contributed by atoms with E-state index in [4.69, 9.17) is 0 Å². The van der Waals surface area contributed by atoms with Gasteiger partial charge in [-0.05, 0) is 83.0 Å². The molecule has 0 radical (unpaired) electrons. The normalized spacial score (nSPS) is 13.2. The van der Waals surface area contributed by atoms with E-state index in [0.717, 1.165) is 0 Å². The predicted octanol–water partition coefficient (Wildman–Crippen LogP) is 12.9. The third-order valence-electron chi connectivity index (χ3n) is 8.58. The molecule has 0 bridgehead atoms. The smallest absolute Gasteiger partial charge is 0.0146 e. The van der Waals surface area contributed by atoms with Crippen molar-refractivity contribution in [1.29, 1.82) is 0 Å². The van der Waals surface area contributed by atoms with Crippen LogP contribution < -0.4 is 0 Å². The second-order valence-electron chi connectivity index (χ2n) is 12.3. The van der Waals surface area contributed by atoms with Crippen molar-refractivity contribution < 1.29 is 0 Å². The van der Waals surface area contributed by atoms with Crippen molar-refractivity contribution in [1.82, 2.24) is 0 Å². The van der Waals surface area contributed by atoms with Gasteiger partial charge in [-0.2, -0.15) is 0 Å².